The first-order chi connectivity index (χ1) is 9.20. The van der Waals surface area contributed by atoms with Crippen LogP contribution in [0.15, 0.2) is 43.0 Å². The first-order valence-corrected chi connectivity index (χ1v) is 6.09. The van der Waals surface area contributed by atoms with Crippen molar-refractivity contribution >= 4 is 11.8 Å². The minimum Gasteiger partial charge on any atom is -0.484 e. The number of carbonyl (C=O) groups is 2. The number of carbonyl (C=O) groups excluding carboxylic acids is 2. The lowest BCUT2D eigenvalue weighted by molar-refractivity contribution is -0.136. The maximum atomic E-state index is 11.7. The summed E-state index contributed by atoms with van der Waals surface area (Å²) in [6.45, 7) is 3.51. The van der Waals surface area contributed by atoms with E-state index in [-0.39, 0.29) is 24.5 Å². The lowest BCUT2D eigenvalue weighted by atomic mass is 9.96. The van der Waals surface area contributed by atoms with Crippen molar-refractivity contribution in [1.29, 1.82) is 0 Å². The molecular formula is C14H16N2O3. The number of β-lactam (4-membered cyclic amide) rings is 1. The van der Waals surface area contributed by atoms with Crippen molar-refractivity contribution in [3.05, 3.63) is 43.0 Å². The number of nitrogens with one attached hydrogen (secondary N) is 2. The fourth-order valence-corrected chi connectivity index (χ4v) is 1.86. The van der Waals surface area contributed by atoms with E-state index in [0.717, 1.165) is 0 Å². The first kappa shape index (κ1) is 13.1. The van der Waals surface area contributed by atoms with E-state index in [2.05, 4.69) is 17.2 Å². The molecule has 0 spiro atoms. The summed E-state index contributed by atoms with van der Waals surface area (Å²) < 4.78 is 5.30. The van der Waals surface area contributed by atoms with Crippen molar-refractivity contribution in [2.75, 3.05) is 6.61 Å². The molecule has 1 heterocycles. The monoisotopic (exact) mass is 260 g/mol. The summed E-state index contributed by atoms with van der Waals surface area (Å²) in [7, 11) is 0. The summed E-state index contributed by atoms with van der Waals surface area (Å²) in [5.41, 5.74) is 0. The van der Waals surface area contributed by atoms with Crippen LogP contribution in [0.5, 0.6) is 5.75 Å². The quantitative estimate of drug-likeness (QED) is 0.582. The van der Waals surface area contributed by atoms with E-state index in [0.29, 0.717) is 12.2 Å². The molecule has 2 N–H and O–H groups in total. The van der Waals surface area contributed by atoms with Crippen LogP contribution in [0.3, 0.4) is 0 Å². The zero-order valence-corrected chi connectivity index (χ0v) is 10.5. The molecule has 1 aromatic rings. The second kappa shape index (κ2) is 6.04. The van der Waals surface area contributed by atoms with Gasteiger partial charge in [-0.15, -0.1) is 6.58 Å². The highest BCUT2D eigenvalue weighted by Gasteiger charge is 2.39. The van der Waals surface area contributed by atoms with E-state index in [4.69, 9.17) is 4.74 Å². The van der Waals surface area contributed by atoms with Crippen LogP contribution in [0.1, 0.15) is 6.42 Å². The summed E-state index contributed by atoms with van der Waals surface area (Å²) >= 11 is 0. The molecule has 2 amide bonds. The molecule has 2 unspecified atom stereocenters. The summed E-state index contributed by atoms with van der Waals surface area (Å²) in [5.74, 6) is 0.149. The smallest absolute Gasteiger partial charge is 0.258 e. The third kappa shape index (κ3) is 3.34. The molecule has 0 bridgehead atoms. The molecule has 0 saturated carbocycles. The van der Waals surface area contributed by atoms with Crippen molar-refractivity contribution in [3.63, 3.8) is 0 Å². The van der Waals surface area contributed by atoms with Crippen molar-refractivity contribution in [2.45, 2.75) is 18.5 Å². The molecule has 0 aliphatic carbocycles. The van der Waals surface area contributed by atoms with Crippen LogP contribution in [-0.4, -0.2) is 30.5 Å². The van der Waals surface area contributed by atoms with E-state index in [1.807, 2.05) is 18.2 Å². The molecule has 100 valence electrons. The molecule has 1 saturated heterocycles. The van der Waals surface area contributed by atoms with Crippen LogP contribution < -0.4 is 15.4 Å². The zero-order chi connectivity index (χ0) is 13.7. The fourth-order valence-electron chi connectivity index (χ4n) is 1.86. The predicted octanol–water partition coefficient (Wildman–Crippen LogP) is 0.625. The van der Waals surface area contributed by atoms with Crippen LogP contribution in [0, 0.1) is 0 Å². The van der Waals surface area contributed by atoms with Crippen LogP contribution >= 0.6 is 0 Å². The molecule has 1 aliphatic heterocycles. The van der Waals surface area contributed by atoms with E-state index in [1.54, 1.807) is 18.2 Å². The Balaban J connectivity index is 1.78. The molecule has 0 radical (unpaired) electrons. The van der Waals surface area contributed by atoms with Gasteiger partial charge in [-0.25, -0.2) is 0 Å². The molecule has 0 aromatic heterocycles. The van der Waals surface area contributed by atoms with Gasteiger partial charge >= 0.3 is 0 Å². The van der Waals surface area contributed by atoms with Crippen LogP contribution in [-0.2, 0) is 9.59 Å². The largest absolute Gasteiger partial charge is 0.484 e. The van der Waals surface area contributed by atoms with E-state index < -0.39 is 6.04 Å². The van der Waals surface area contributed by atoms with Gasteiger partial charge in [0.15, 0.2) is 6.61 Å². The van der Waals surface area contributed by atoms with Crippen molar-refractivity contribution in [1.82, 2.24) is 10.6 Å². The molecule has 2 rings (SSSR count). The van der Waals surface area contributed by atoms with Crippen molar-refractivity contribution < 1.29 is 14.3 Å². The molecular weight excluding hydrogens is 244 g/mol. The second-order valence-electron chi connectivity index (χ2n) is 4.29. The number of amides is 2. The zero-order valence-electron chi connectivity index (χ0n) is 10.5. The molecule has 5 heteroatoms. The van der Waals surface area contributed by atoms with E-state index in [1.165, 1.54) is 0 Å². The average molecular weight is 260 g/mol. The third-order valence-corrected chi connectivity index (χ3v) is 2.86. The molecule has 1 aromatic carbocycles. The number of rotatable bonds is 6. The fraction of sp³-hybridized carbons (Fsp3) is 0.286. The minimum atomic E-state index is -0.482. The van der Waals surface area contributed by atoms with Gasteiger partial charge in [0.05, 0.1) is 6.04 Å². The number of hydrogen-bond acceptors (Lipinski definition) is 3. The highest BCUT2D eigenvalue weighted by atomic mass is 16.5. The summed E-state index contributed by atoms with van der Waals surface area (Å²) in [4.78, 5) is 23.0. The van der Waals surface area contributed by atoms with Gasteiger partial charge in [-0.05, 0) is 18.6 Å². The second-order valence-corrected chi connectivity index (χ2v) is 4.29. The summed E-state index contributed by atoms with van der Waals surface area (Å²) in [5, 5.41) is 5.35. The number of hydrogen-bond donors (Lipinski definition) is 2. The van der Waals surface area contributed by atoms with Crippen molar-refractivity contribution in [2.24, 2.45) is 0 Å². The standard InChI is InChI=1S/C14H16N2O3/c1-2-6-11-13(14(18)15-11)16-12(17)9-19-10-7-4-3-5-8-10/h2-5,7-8,11,13H,1,6,9H2,(H,15,18)(H,16,17). The Kier molecular flexibility index (Phi) is 4.18. The summed E-state index contributed by atoms with van der Waals surface area (Å²) in [6, 6.07) is 8.51. The SMILES string of the molecule is C=CCC1NC(=O)C1NC(=O)COc1ccccc1. The Bertz CT molecular complexity index is 471. The minimum absolute atomic E-state index is 0.0642. The van der Waals surface area contributed by atoms with Gasteiger partial charge in [-0.2, -0.15) is 0 Å². The van der Waals surface area contributed by atoms with Gasteiger partial charge in [-0.3, -0.25) is 9.59 Å². The third-order valence-electron chi connectivity index (χ3n) is 2.86. The van der Waals surface area contributed by atoms with Gasteiger partial charge in [0.25, 0.3) is 5.91 Å². The van der Waals surface area contributed by atoms with Gasteiger partial charge in [-0.1, -0.05) is 24.3 Å². The van der Waals surface area contributed by atoms with E-state index in [9.17, 15) is 9.59 Å². The topological polar surface area (TPSA) is 67.4 Å². The maximum absolute atomic E-state index is 11.7. The van der Waals surface area contributed by atoms with Gasteiger partial charge in [0.2, 0.25) is 5.91 Å². The lowest BCUT2D eigenvalue weighted by Gasteiger charge is -2.36. The highest BCUT2D eigenvalue weighted by molar-refractivity contribution is 5.93. The number of benzene rings is 1. The molecule has 19 heavy (non-hydrogen) atoms. The first-order valence-electron chi connectivity index (χ1n) is 6.09. The number of ether oxygens (including phenoxy) is 1. The van der Waals surface area contributed by atoms with Gasteiger partial charge in [0, 0.05) is 0 Å². The Morgan fingerprint density at radius 3 is 2.79 bits per heavy atom. The van der Waals surface area contributed by atoms with Gasteiger partial charge in [0.1, 0.15) is 11.8 Å². The van der Waals surface area contributed by atoms with Crippen LogP contribution in [0.4, 0.5) is 0 Å². The predicted molar refractivity (Wildman–Crippen MR) is 70.6 cm³/mol. The molecule has 2 atom stereocenters. The van der Waals surface area contributed by atoms with Gasteiger partial charge < -0.3 is 15.4 Å². The Hall–Kier alpha value is -2.30. The Morgan fingerprint density at radius 1 is 1.42 bits per heavy atom. The van der Waals surface area contributed by atoms with Crippen LogP contribution in [0.2, 0.25) is 0 Å². The maximum Gasteiger partial charge on any atom is 0.258 e. The number of para-hydroxylation sites is 1. The highest BCUT2D eigenvalue weighted by Crippen LogP contribution is 2.11. The molecule has 1 aliphatic rings. The Labute approximate surface area is 111 Å². The van der Waals surface area contributed by atoms with Crippen LogP contribution in [0.25, 0.3) is 0 Å². The molecule has 1 fully saturated rings. The molecule has 5 nitrogen and oxygen atoms in total. The lowest BCUT2D eigenvalue weighted by Crippen LogP contribution is -2.69. The normalized spacial score (nSPS) is 20.9. The summed E-state index contributed by atoms with van der Waals surface area (Å²) in [6.07, 6.45) is 2.35. The van der Waals surface area contributed by atoms with Crippen molar-refractivity contribution in [3.8, 4) is 5.75 Å². The Morgan fingerprint density at radius 2 is 2.16 bits per heavy atom. The van der Waals surface area contributed by atoms with E-state index >= 15 is 0 Å². The average Bonchev–Trinajstić information content (AvgIpc) is 2.43.